The minimum Gasteiger partial charge on any atom is -0.466 e. The van der Waals surface area contributed by atoms with Crippen LogP contribution in [0.15, 0.2) is 22.5 Å². The Kier molecular flexibility index (Phi) is 7.59. The van der Waals surface area contributed by atoms with Gasteiger partial charge in [-0.15, -0.1) is 0 Å². The molecule has 156 valence electrons. The Hall–Kier alpha value is -3.05. The molecule has 0 aliphatic carbocycles. The average Bonchev–Trinajstić information content (AvgIpc) is 2.61. The predicted molar refractivity (Wildman–Crippen MR) is 86.1 cm³/mol. The number of allylic oxidation sites excluding steroid dienone is 2. The van der Waals surface area contributed by atoms with E-state index in [4.69, 9.17) is 4.74 Å². The minimum atomic E-state index is -4.63. The van der Waals surface area contributed by atoms with Gasteiger partial charge in [0.15, 0.2) is 6.61 Å². The molecule has 0 unspecified atom stereocenters. The van der Waals surface area contributed by atoms with Crippen LogP contribution in [0.1, 0.15) is 13.8 Å². The summed E-state index contributed by atoms with van der Waals surface area (Å²) in [6.45, 7) is 0.246. The molecule has 0 saturated carbocycles. The molecule has 0 fully saturated rings. The lowest BCUT2D eigenvalue weighted by Gasteiger charge is -2.28. The summed E-state index contributed by atoms with van der Waals surface area (Å²) in [5.74, 6) is -5.88. The van der Waals surface area contributed by atoms with E-state index in [1.165, 1.54) is 19.2 Å². The Labute approximate surface area is 157 Å². The lowest BCUT2D eigenvalue weighted by Crippen LogP contribution is -2.40. The number of rotatable bonds is 6. The van der Waals surface area contributed by atoms with Crippen LogP contribution in [0.4, 0.5) is 13.2 Å². The average molecular weight is 408 g/mol. The summed E-state index contributed by atoms with van der Waals surface area (Å²) in [6, 6.07) is 0. The molecule has 12 heteroatoms. The molecular weight excluding hydrogens is 389 g/mol. The number of hydrogen-bond donors (Lipinski definition) is 2. The van der Waals surface area contributed by atoms with Crippen molar-refractivity contribution in [3.63, 3.8) is 0 Å². The number of halogens is 3. The van der Waals surface area contributed by atoms with Gasteiger partial charge >= 0.3 is 24.1 Å². The molecule has 9 nitrogen and oxygen atoms in total. The molecule has 0 spiro atoms. The third-order valence-electron chi connectivity index (χ3n) is 3.64. The van der Waals surface area contributed by atoms with Gasteiger partial charge in [0.25, 0.3) is 5.91 Å². The number of ether oxygens (including phenoxy) is 3. The summed E-state index contributed by atoms with van der Waals surface area (Å²) in [7, 11) is 2.11. The maximum Gasteiger partial charge on any atom is 0.405 e. The van der Waals surface area contributed by atoms with Crippen LogP contribution in [0, 0.1) is 5.92 Å². The lowest BCUT2D eigenvalue weighted by molar-refractivity contribution is -0.155. The normalized spacial score (nSPS) is 15.0. The second-order valence-corrected chi connectivity index (χ2v) is 5.62. The zero-order valence-corrected chi connectivity index (χ0v) is 15.5. The van der Waals surface area contributed by atoms with Crippen molar-refractivity contribution >= 4 is 23.8 Å². The van der Waals surface area contributed by atoms with E-state index in [1.54, 1.807) is 0 Å². The van der Waals surface area contributed by atoms with Crippen LogP contribution in [0.3, 0.4) is 0 Å². The topological polar surface area (TPSA) is 120 Å². The van der Waals surface area contributed by atoms with Gasteiger partial charge in [0.1, 0.15) is 12.5 Å². The molecule has 0 aromatic carbocycles. The molecule has 28 heavy (non-hydrogen) atoms. The Morgan fingerprint density at radius 1 is 1.00 bits per heavy atom. The van der Waals surface area contributed by atoms with Gasteiger partial charge in [-0.1, -0.05) is 0 Å². The highest BCUT2D eigenvalue weighted by molar-refractivity contribution is 6.05. The first-order chi connectivity index (χ1) is 12.9. The Morgan fingerprint density at radius 2 is 1.46 bits per heavy atom. The summed E-state index contributed by atoms with van der Waals surface area (Å²) >= 11 is 0. The third-order valence-corrected chi connectivity index (χ3v) is 3.64. The number of nitrogens with one attached hydrogen (secondary N) is 2. The number of carbonyl (C=O) groups is 4. The van der Waals surface area contributed by atoms with E-state index in [9.17, 15) is 32.3 Å². The minimum absolute atomic E-state index is 0.195. The first kappa shape index (κ1) is 23.0. The van der Waals surface area contributed by atoms with Gasteiger partial charge in [0.05, 0.1) is 25.4 Å². The van der Waals surface area contributed by atoms with Crippen LogP contribution in [0.2, 0.25) is 0 Å². The number of esters is 3. The second-order valence-electron chi connectivity index (χ2n) is 5.62. The van der Waals surface area contributed by atoms with E-state index >= 15 is 0 Å². The molecule has 0 saturated heterocycles. The van der Waals surface area contributed by atoms with Crippen molar-refractivity contribution in [3.05, 3.63) is 22.5 Å². The highest BCUT2D eigenvalue weighted by atomic mass is 19.4. The van der Waals surface area contributed by atoms with Crippen molar-refractivity contribution in [1.82, 2.24) is 10.6 Å². The zero-order valence-electron chi connectivity index (χ0n) is 15.5. The van der Waals surface area contributed by atoms with Crippen LogP contribution < -0.4 is 10.6 Å². The predicted octanol–water partition coefficient (Wildman–Crippen LogP) is 0.321. The summed E-state index contributed by atoms with van der Waals surface area (Å²) in [4.78, 5) is 48.2. The van der Waals surface area contributed by atoms with E-state index in [0.717, 1.165) is 14.2 Å². The summed E-state index contributed by atoms with van der Waals surface area (Å²) in [5.41, 5.74) is -0.121. The molecule has 0 bridgehead atoms. The van der Waals surface area contributed by atoms with Gasteiger partial charge in [-0.3, -0.25) is 9.59 Å². The molecule has 0 aromatic heterocycles. The fraction of sp³-hybridized carbons (Fsp3) is 0.500. The highest BCUT2D eigenvalue weighted by Crippen LogP contribution is 2.32. The number of carbonyl (C=O) groups excluding carboxylic acids is 4. The summed E-state index contributed by atoms with van der Waals surface area (Å²) in [6.07, 6.45) is -4.63. The molecule has 1 aliphatic heterocycles. The smallest absolute Gasteiger partial charge is 0.405 e. The summed E-state index contributed by atoms with van der Waals surface area (Å²) in [5, 5.41) is 4.27. The van der Waals surface area contributed by atoms with Crippen molar-refractivity contribution in [2.75, 3.05) is 27.4 Å². The van der Waals surface area contributed by atoms with Gasteiger partial charge in [0.2, 0.25) is 0 Å². The van der Waals surface area contributed by atoms with E-state index in [2.05, 4.69) is 14.8 Å². The zero-order chi connectivity index (χ0) is 21.6. The summed E-state index contributed by atoms with van der Waals surface area (Å²) < 4.78 is 50.3. The molecule has 0 radical (unpaired) electrons. The SMILES string of the molecule is COC(=O)C1=C(C)NC(C)=C(C(=O)OC)C1C(=O)OCC(=O)NCC(F)(F)F. The molecule has 1 rings (SSSR count). The van der Waals surface area contributed by atoms with Gasteiger partial charge < -0.3 is 24.8 Å². The number of methoxy groups -OCH3 is 2. The second kappa shape index (κ2) is 9.24. The van der Waals surface area contributed by atoms with Crippen molar-refractivity contribution in [3.8, 4) is 0 Å². The van der Waals surface area contributed by atoms with Gasteiger partial charge in [-0.05, 0) is 13.8 Å². The number of amides is 1. The molecule has 1 aliphatic rings. The fourth-order valence-corrected chi connectivity index (χ4v) is 2.46. The lowest BCUT2D eigenvalue weighted by atomic mass is 9.85. The number of hydrogen-bond acceptors (Lipinski definition) is 8. The van der Waals surface area contributed by atoms with Gasteiger partial charge in [-0.2, -0.15) is 13.2 Å². The third kappa shape index (κ3) is 5.72. The largest absolute Gasteiger partial charge is 0.466 e. The molecule has 0 atom stereocenters. The molecule has 1 heterocycles. The first-order valence-electron chi connectivity index (χ1n) is 7.78. The molecule has 1 amide bonds. The van der Waals surface area contributed by atoms with Crippen LogP contribution in [-0.4, -0.2) is 57.4 Å². The maximum atomic E-state index is 12.5. The van der Waals surface area contributed by atoms with Crippen molar-refractivity contribution in [1.29, 1.82) is 0 Å². The standard InChI is InChI=1S/C16H19F3N2O7/c1-7-10(13(23)26-3)12(11(8(2)21-7)14(24)27-4)15(25)28-5-9(22)20-6-16(17,18)19/h12,21H,5-6H2,1-4H3,(H,20,22). The monoisotopic (exact) mass is 408 g/mol. The van der Waals surface area contributed by atoms with Crippen molar-refractivity contribution in [2.45, 2.75) is 20.0 Å². The molecule has 2 N–H and O–H groups in total. The van der Waals surface area contributed by atoms with E-state index < -0.39 is 49.1 Å². The van der Waals surface area contributed by atoms with Crippen LogP contribution >= 0.6 is 0 Å². The fourth-order valence-electron chi connectivity index (χ4n) is 2.46. The van der Waals surface area contributed by atoms with Crippen LogP contribution in [0.25, 0.3) is 0 Å². The van der Waals surface area contributed by atoms with E-state index in [1.807, 2.05) is 0 Å². The maximum absolute atomic E-state index is 12.5. The first-order valence-corrected chi connectivity index (χ1v) is 7.78. The number of dihydropyridines is 1. The number of alkyl halides is 3. The van der Waals surface area contributed by atoms with Gasteiger partial charge in [0, 0.05) is 11.4 Å². The Balaban J connectivity index is 3.08. The van der Waals surface area contributed by atoms with Crippen molar-refractivity contribution in [2.24, 2.45) is 5.92 Å². The van der Waals surface area contributed by atoms with Crippen LogP contribution in [-0.2, 0) is 33.4 Å². The Morgan fingerprint density at radius 3 is 1.86 bits per heavy atom. The molecule has 0 aromatic rings. The van der Waals surface area contributed by atoms with Crippen LogP contribution in [0.5, 0.6) is 0 Å². The quantitative estimate of drug-likeness (QED) is 0.476. The van der Waals surface area contributed by atoms with Crippen molar-refractivity contribution < 1.29 is 46.6 Å². The molecular formula is C16H19F3N2O7. The van der Waals surface area contributed by atoms with E-state index in [-0.39, 0.29) is 22.5 Å². The Bertz CT molecular complexity index is 703. The highest BCUT2D eigenvalue weighted by Gasteiger charge is 2.42. The van der Waals surface area contributed by atoms with Gasteiger partial charge in [-0.25, -0.2) is 9.59 Å². The van der Waals surface area contributed by atoms with E-state index in [0.29, 0.717) is 0 Å².